The number of aryl methyl sites for hydroxylation is 1. The lowest BCUT2D eigenvalue weighted by atomic mass is 10.1. The Morgan fingerprint density at radius 1 is 1.50 bits per heavy atom. The summed E-state index contributed by atoms with van der Waals surface area (Å²) in [5, 5.41) is 4.27. The van der Waals surface area contributed by atoms with Gasteiger partial charge in [-0.15, -0.1) is 0 Å². The van der Waals surface area contributed by atoms with Gasteiger partial charge in [0, 0.05) is 13.7 Å². The molecule has 0 radical (unpaired) electrons. The van der Waals surface area contributed by atoms with Gasteiger partial charge < -0.3 is 4.74 Å². The lowest BCUT2D eigenvalue weighted by molar-refractivity contribution is -0.830. The van der Waals surface area contributed by atoms with E-state index in [0.717, 1.165) is 30.8 Å². The first kappa shape index (κ1) is 11.6. The minimum absolute atomic E-state index is 0.163. The van der Waals surface area contributed by atoms with Gasteiger partial charge in [0.15, 0.2) is 0 Å². The zero-order valence-corrected chi connectivity index (χ0v) is 9.98. The smallest absolute Gasteiger partial charge is 0.206 e. The van der Waals surface area contributed by atoms with Crippen LogP contribution in [0.25, 0.3) is 0 Å². The maximum absolute atomic E-state index is 5.88. The van der Waals surface area contributed by atoms with Crippen LogP contribution in [0.4, 0.5) is 5.69 Å². The average Bonchev–Trinajstić information content (AvgIpc) is 2.53. The second-order valence-electron chi connectivity index (χ2n) is 4.17. The van der Waals surface area contributed by atoms with Crippen LogP contribution in [0, 0.1) is 0 Å². The van der Waals surface area contributed by atoms with Crippen molar-refractivity contribution in [2.45, 2.75) is 31.8 Å². The van der Waals surface area contributed by atoms with E-state index in [1.807, 2.05) is 17.9 Å². The third kappa shape index (κ3) is 2.42. The summed E-state index contributed by atoms with van der Waals surface area (Å²) in [4.78, 5) is 5.07. The Morgan fingerprint density at radius 2 is 2.38 bits per heavy atom. The van der Waals surface area contributed by atoms with Gasteiger partial charge in [-0.3, -0.25) is 4.68 Å². The van der Waals surface area contributed by atoms with Crippen molar-refractivity contribution in [3.8, 4) is 0 Å². The highest BCUT2D eigenvalue weighted by Crippen LogP contribution is 2.29. The van der Waals surface area contributed by atoms with Gasteiger partial charge in [-0.2, -0.15) is 10.6 Å². The van der Waals surface area contributed by atoms with E-state index in [1.165, 1.54) is 12.8 Å². The van der Waals surface area contributed by atoms with Crippen molar-refractivity contribution < 1.29 is 15.1 Å². The summed E-state index contributed by atoms with van der Waals surface area (Å²) in [5.41, 5.74) is 3.89. The van der Waals surface area contributed by atoms with E-state index in [0.29, 0.717) is 0 Å². The minimum Gasteiger partial charge on any atom is -0.372 e. The number of nitrogens with two attached hydrogens (primary N) is 1. The fourth-order valence-electron chi connectivity index (χ4n) is 2.21. The highest BCUT2D eigenvalue weighted by atomic mass is 16.6. The molecule has 2 heterocycles. The summed E-state index contributed by atoms with van der Waals surface area (Å²) >= 11 is 0. The zero-order valence-electron chi connectivity index (χ0n) is 9.98. The van der Waals surface area contributed by atoms with Gasteiger partial charge in [-0.25, -0.2) is 4.84 Å². The molecule has 1 aromatic heterocycles. The minimum atomic E-state index is 0.163. The van der Waals surface area contributed by atoms with Crippen LogP contribution in [0.3, 0.4) is 0 Å². The van der Waals surface area contributed by atoms with Crippen LogP contribution in [-0.2, 0) is 16.6 Å². The maximum atomic E-state index is 5.88. The van der Waals surface area contributed by atoms with Crippen molar-refractivity contribution >= 4 is 5.69 Å². The Kier molecular flexibility index (Phi) is 3.93. The molecule has 2 N–H and O–H groups in total. The summed E-state index contributed by atoms with van der Waals surface area (Å²) < 4.78 is 7.77. The summed E-state index contributed by atoms with van der Waals surface area (Å²) in [5.74, 6) is 0. The van der Waals surface area contributed by atoms with Gasteiger partial charge >= 0.3 is 0 Å². The molecule has 0 saturated carbocycles. The Labute approximate surface area is 95.7 Å². The number of aromatic nitrogens is 2. The van der Waals surface area contributed by atoms with E-state index in [2.05, 4.69) is 5.10 Å². The van der Waals surface area contributed by atoms with Gasteiger partial charge in [-0.1, -0.05) is 12.8 Å². The predicted octanol–water partition coefficient (Wildman–Crippen LogP) is 0.808. The Bertz CT molecular complexity index is 330. The average molecular weight is 226 g/mol. The quantitative estimate of drug-likeness (QED) is 0.776. The van der Waals surface area contributed by atoms with Gasteiger partial charge in [0.05, 0.1) is 7.11 Å². The molecule has 1 aromatic rings. The van der Waals surface area contributed by atoms with Crippen molar-refractivity contribution in [3.05, 3.63) is 11.9 Å². The van der Waals surface area contributed by atoms with Crippen LogP contribution >= 0.6 is 0 Å². The molecule has 16 heavy (non-hydrogen) atoms. The van der Waals surface area contributed by atoms with Crippen molar-refractivity contribution in [2.24, 2.45) is 7.05 Å². The van der Waals surface area contributed by atoms with Crippen molar-refractivity contribution in [3.63, 3.8) is 0 Å². The highest BCUT2D eigenvalue weighted by molar-refractivity contribution is 5.33. The number of rotatable bonds is 3. The number of hydrogen-bond acceptors (Lipinski definition) is 3. The summed E-state index contributed by atoms with van der Waals surface area (Å²) in [6.07, 6.45) is 6.71. The molecule has 0 aliphatic carbocycles. The van der Waals surface area contributed by atoms with Crippen LogP contribution < -0.4 is 5.48 Å². The lowest BCUT2D eigenvalue weighted by Gasteiger charge is -2.15. The van der Waals surface area contributed by atoms with Gasteiger partial charge in [0.2, 0.25) is 5.69 Å². The van der Waals surface area contributed by atoms with Crippen molar-refractivity contribution in [1.29, 1.82) is 0 Å². The van der Waals surface area contributed by atoms with E-state index in [1.54, 1.807) is 12.6 Å². The molecule has 2 rings (SSSR count). The topological polar surface area (TPSA) is 52.9 Å². The zero-order chi connectivity index (χ0) is 11.4. The van der Waals surface area contributed by atoms with Crippen LogP contribution in [-0.4, -0.2) is 23.5 Å². The van der Waals surface area contributed by atoms with Crippen LogP contribution in [0.2, 0.25) is 0 Å². The van der Waals surface area contributed by atoms with Crippen LogP contribution in [0.5, 0.6) is 0 Å². The van der Waals surface area contributed by atoms with E-state index >= 15 is 0 Å². The maximum Gasteiger partial charge on any atom is 0.206 e. The summed E-state index contributed by atoms with van der Waals surface area (Å²) in [6.45, 7) is 0.849. The van der Waals surface area contributed by atoms with Gasteiger partial charge in [0.25, 0.3) is 0 Å². The molecule has 1 atom stereocenters. The number of nitrogens with zero attached hydrogens (tertiary/aromatic N) is 2. The molecule has 1 fully saturated rings. The standard InChI is InChI=1S/C11H19N3O2/c1-14-11(9(8-12-14)13-15-2)10-6-4-3-5-7-16-10/h8,10,13H,3-7H2,1-2H3/p+1/t10-/m0/s1. The molecule has 1 aliphatic heterocycles. The molecular weight excluding hydrogens is 206 g/mol. The van der Waals surface area contributed by atoms with Crippen molar-refractivity contribution in [2.75, 3.05) is 13.7 Å². The fraction of sp³-hybridized carbons (Fsp3) is 0.727. The Balaban J connectivity index is 2.19. The molecule has 1 aliphatic rings. The number of quaternary nitrogens is 1. The Morgan fingerprint density at radius 3 is 3.19 bits per heavy atom. The number of hydrogen-bond donors (Lipinski definition) is 1. The first-order chi connectivity index (χ1) is 7.83. The van der Waals surface area contributed by atoms with Crippen molar-refractivity contribution in [1.82, 2.24) is 9.78 Å². The molecule has 0 spiro atoms. The fourth-order valence-corrected chi connectivity index (χ4v) is 2.21. The molecule has 5 heteroatoms. The van der Waals surface area contributed by atoms with E-state index in [-0.39, 0.29) is 6.10 Å². The normalized spacial score (nSPS) is 22.0. The van der Waals surface area contributed by atoms with Gasteiger partial charge in [-0.05, 0) is 12.8 Å². The molecule has 1 saturated heterocycles. The molecule has 90 valence electrons. The summed E-state index contributed by atoms with van der Waals surface area (Å²) in [7, 11) is 3.61. The molecule has 0 aromatic carbocycles. The van der Waals surface area contributed by atoms with Gasteiger partial charge in [0.1, 0.15) is 18.0 Å². The largest absolute Gasteiger partial charge is 0.372 e. The second kappa shape index (κ2) is 5.43. The molecule has 5 nitrogen and oxygen atoms in total. The molecule has 0 amide bonds. The lowest BCUT2D eigenvalue weighted by Crippen LogP contribution is -2.76. The first-order valence-electron chi connectivity index (χ1n) is 5.82. The third-order valence-electron chi connectivity index (χ3n) is 2.99. The van der Waals surface area contributed by atoms with E-state index < -0.39 is 0 Å². The van der Waals surface area contributed by atoms with Crippen LogP contribution in [0.15, 0.2) is 6.20 Å². The predicted molar refractivity (Wildman–Crippen MR) is 59.0 cm³/mol. The second-order valence-corrected chi connectivity index (χ2v) is 4.17. The Hall–Kier alpha value is -0.910. The third-order valence-corrected chi connectivity index (χ3v) is 2.99. The molecule has 0 bridgehead atoms. The number of ether oxygens (including phenoxy) is 1. The SMILES string of the molecule is CO[NH2+]c1cnn(C)c1[C@@H]1CCCCCO1. The monoisotopic (exact) mass is 226 g/mol. The van der Waals surface area contributed by atoms with Crippen LogP contribution in [0.1, 0.15) is 37.5 Å². The molecular formula is C11H20N3O2+. The summed E-state index contributed by atoms with van der Waals surface area (Å²) in [6, 6.07) is 0. The first-order valence-corrected chi connectivity index (χ1v) is 5.82. The van der Waals surface area contributed by atoms with E-state index in [9.17, 15) is 0 Å². The highest BCUT2D eigenvalue weighted by Gasteiger charge is 2.24. The molecule has 0 unspecified atom stereocenters. The van der Waals surface area contributed by atoms with E-state index in [4.69, 9.17) is 9.57 Å².